The van der Waals surface area contributed by atoms with Crippen molar-refractivity contribution in [3.05, 3.63) is 34.2 Å². The summed E-state index contributed by atoms with van der Waals surface area (Å²) in [5.41, 5.74) is 1.64. The molecule has 0 spiro atoms. The normalized spacial score (nSPS) is 11.3. The Labute approximate surface area is 119 Å². The van der Waals surface area contributed by atoms with Gasteiger partial charge in [0.05, 0.1) is 10.5 Å². The van der Waals surface area contributed by atoms with Crippen molar-refractivity contribution in [1.82, 2.24) is 29.3 Å². The van der Waals surface area contributed by atoms with Gasteiger partial charge in [-0.15, -0.1) is 0 Å². The summed E-state index contributed by atoms with van der Waals surface area (Å²) in [5.74, 6) is 0.785. The molecule has 0 radical (unpaired) electrons. The van der Waals surface area contributed by atoms with Crippen LogP contribution in [-0.4, -0.2) is 29.3 Å². The van der Waals surface area contributed by atoms with Gasteiger partial charge in [-0.05, 0) is 18.3 Å². The first kappa shape index (κ1) is 12.3. The number of imidazole rings is 1. The molecule has 0 amide bonds. The monoisotopic (exact) mass is 294 g/mol. The highest BCUT2D eigenvalue weighted by Gasteiger charge is 2.07. The molecular weight excluding hydrogens is 284 g/mol. The lowest BCUT2D eigenvalue weighted by molar-refractivity contribution is 0.662. The van der Waals surface area contributed by atoms with Gasteiger partial charge in [-0.1, -0.05) is 11.6 Å². The molecule has 19 heavy (non-hydrogen) atoms. The van der Waals surface area contributed by atoms with Crippen LogP contribution in [0.15, 0.2) is 18.6 Å². The number of aromatic nitrogens is 6. The van der Waals surface area contributed by atoms with Gasteiger partial charge in [-0.3, -0.25) is 4.68 Å². The van der Waals surface area contributed by atoms with E-state index in [9.17, 15) is 0 Å². The Morgan fingerprint density at radius 3 is 3.00 bits per heavy atom. The Bertz CT molecular complexity index is 786. The summed E-state index contributed by atoms with van der Waals surface area (Å²) in [5, 5.41) is 4.83. The summed E-state index contributed by atoms with van der Waals surface area (Å²) in [6, 6.07) is 1.81. The van der Waals surface area contributed by atoms with Gasteiger partial charge in [0.15, 0.2) is 16.2 Å². The van der Waals surface area contributed by atoms with E-state index in [1.807, 2.05) is 17.7 Å². The number of halogens is 1. The van der Waals surface area contributed by atoms with E-state index in [1.54, 1.807) is 17.2 Å². The maximum atomic E-state index is 5.91. The number of fused-ring (bicyclic) bond motifs is 1. The van der Waals surface area contributed by atoms with Crippen molar-refractivity contribution in [2.75, 3.05) is 0 Å². The van der Waals surface area contributed by atoms with Crippen LogP contribution in [0.2, 0.25) is 5.02 Å². The third-order valence-corrected chi connectivity index (χ3v) is 3.31. The number of H-pyrrole nitrogens is 1. The SMILES string of the molecule is Cn1cnc(CCn2c(=S)[nH]c3cc(Cl)cnc32)n1. The second-order valence-electron chi connectivity index (χ2n) is 4.19. The van der Waals surface area contributed by atoms with Crippen LogP contribution in [0.3, 0.4) is 0 Å². The van der Waals surface area contributed by atoms with E-state index in [2.05, 4.69) is 20.1 Å². The average molecular weight is 295 g/mol. The van der Waals surface area contributed by atoms with E-state index in [-0.39, 0.29) is 0 Å². The topological polar surface area (TPSA) is 64.3 Å². The number of hydrogen-bond donors (Lipinski definition) is 1. The van der Waals surface area contributed by atoms with Crippen molar-refractivity contribution in [3.63, 3.8) is 0 Å². The first-order valence-corrected chi connectivity index (χ1v) is 6.50. The molecule has 3 rings (SSSR count). The van der Waals surface area contributed by atoms with E-state index < -0.39 is 0 Å². The molecule has 1 N–H and O–H groups in total. The Balaban J connectivity index is 1.92. The smallest absolute Gasteiger partial charge is 0.179 e. The number of nitrogens with one attached hydrogen (secondary N) is 1. The molecule has 0 aliphatic heterocycles. The molecule has 3 aromatic heterocycles. The first-order valence-electron chi connectivity index (χ1n) is 5.72. The highest BCUT2D eigenvalue weighted by atomic mass is 35.5. The van der Waals surface area contributed by atoms with E-state index in [4.69, 9.17) is 23.8 Å². The highest BCUT2D eigenvalue weighted by molar-refractivity contribution is 7.71. The molecule has 0 saturated heterocycles. The van der Waals surface area contributed by atoms with E-state index in [1.165, 1.54) is 0 Å². The lowest BCUT2D eigenvalue weighted by atomic mass is 10.4. The number of aromatic amines is 1. The molecule has 0 bridgehead atoms. The summed E-state index contributed by atoms with van der Waals surface area (Å²) < 4.78 is 4.24. The summed E-state index contributed by atoms with van der Waals surface area (Å²) >= 11 is 11.2. The van der Waals surface area contributed by atoms with Crippen molar-refractivity contribution in [1.29, 1.82) is 0 Å². The third-order valence-electron chi connectivity index (χ3n) is 2.78. The molecule has 0 unspecified atom stereocenters. The number of nitrogens with zero attached hydrogens (tertiary/aromatic N) is 5. The zero-order valence-electron chi connectivity index (χ0n) is 10.2. The second-order valence-corrected chi connectivity index (χ2v) is 5.01. The predicted octanol–water partition coefficient (Wildman–Crippen LogP) is 2.12. The minimum Gasteiger partial charge on any atom is -0.329 e. The average Bonchev–Trinajstić information content (AvgIpc) is 2.89. The van der Waals surface area contributed by atoms with Crippen LogP contribution >= 0.6 is 23.8 Å². The van der Waals surface area contributed by atoms with Gasteiger partial charge in [-0.2, -0.15) is 5.10 Å². The van der Waals surface area contributed by atoms with Gasteiger partial charge in [0.2, 0.25) is 0 Å². The van der Waals surface area contributed by atoms with Crippen LogP contribution in [-0.2, 0) is 20.0 Å². The van der Waals surface area contributed by atoms with Crippen molar-refractivity contribution < 1.29 is 0 Å². The van der Waals surface area contributed by atoms with E-state index in [0.717, 1.165) is 17.0 Å². The molecule has 0 atom stereocenters. The molecule has 0 saturated carbocycles. The molecule has 3 heterocycles. The Kier molecular flexibility index (Phi) is 3.08. The van der Waals surface area contributed by atoms with E-state index in [0.29, 0.717) is 22.8 Å². The van der Waals surface area contributed by atoms with Crippen LogP contribution < -0.4 is 0 Å². The summed E-state index contributed by atoms with van der Waals surface area (Å²) in [6.07, 6.45) is 4.00. The van der Waals surface area contributed by atoms with E-state index >= 15 is 0 Å². The van der Waals surface area contributed by atoms with Gasteiger partial charge >= 0.3 is 0 Å². The fourth-order valence-corrected chi connectivity index (χ4v) is 2.38. The third kappa shape index (κ3) is 2.39. The molecule has 6 nitrogen and oxygen atoms in total. The van der Waals surface area contributed by atoms with Crippen LogP contribution in [0.25, 0.3) is 11.2 Å². The zero-order valence-corrected chi connectivity index (χ0v) is 11.7. The number of pyridine rings is 1. The van der Waals surface area contributed by atoms with Crippen LogP contribution in [0.1, 0.15) is 5.82 Å². The Morgan fingerprint density at radius 1 is 1.42 bits per heavy atom. The van der Waals surface area contributed by atoms with Gasteiger partial charge in [0, 0.05) is 26.2 Å². The fourth-order valence-electron chi connectivity index (χ4n) is 1.94. The van der Waals surface area contributed by atoms with Crippen molar-refractivity contribution in [2.24, 2.45) is 7.05 Å². The van der Waals surface area contributed by atoms with Crippen molar-refractivity contribution >= 4 is 35.0 Å². The standard InChI is InChI=1S/C11H11ClN6S/c1-17-6-14-9(16-17)2-3-18-10-8(15-11(18)19)4-7(12)5-13-10/h4-6H,2-3H2,1H3,(H,15,19). The predicted molar refractivity (Wildman–Crippen MR) is 74.6 cm³/mol. The number of rotatable bonds is 3. The molecule has 0 aromatic carbocycles. The molecule has 8 heteroatoms. The second kappa shape index (κ2) is 4.75. The lowest BCUT2D eigenvalue weighted by Gasteiger charge is -2.01. The minimum absolute atomic E-state index is 0.585. The quantitative estimate of drug-likeness (QED) is 0.752. The molecule has 3 aromatic rings. The summed E-state index contributed by atoms with van der Waals surface area (Å²) in [4.78, 5) is 11.6. The van der Waals surface area contributed by atoms with Crippen LogP contribution in [0.4, 0.5) is 0 Å². The van der Waals surface area contributed by atoms with Crippen LogP contribution in [0.5, 0.6) is 0 Å². The Hall–Kier alpha value is -1.73. The minimum atomic E-state index is 0.585. The van der Waals surface area contributed by atoms with Gasteiger partial charge < -0.3 is 9.55 Å². The largest absolute Gasteiger partial charge is 0.329 e. The van der Waals surface area contributed by atoms with Gasteiger partial charge in [-0.25, -0.2) is 9.97 Å². The molecule has 0 aliphatic carbocycles. The Morgan fingerprint density at radius 2 is 2.26 bits per heavy atom. The van der Waals surface area contributed by atoms with Crippen LogP contribution in [0, 0.1) is 4.77 Å². The maximum absolute atomic E-state index is 5.91. The summed E-state index contributed by atoms with van der Waals surface area (Å²) in [6.45, 7) is 0.678. The fraction of sp³-hybridized carbons (Fsp3) is 0.273. The summed E-state index contributed by atoms with van der Waals surface area (Å²) in [7, 11) is 1.84. The van der Waals surface area contributed by atoms with Crippen molar-refractivity contribution in [2.45, 2.75) is 13.0 Å². The number of aryl methyl sites for hydroxylation is 3. The number of hydrogen-bond acceptors (Lipinski definition) is 4. The van der Waals surface area contributed by atoms with Gasteiger partial charge in [0.1, 0.15) is 6.33 Å². The van der Waals surface area contributed by atoms with Crippen molar-refractivity contribution in [3.8, 4) is 0 Å². The zero-order chi connectivity index (χ0) is 13.4. The molecular formula is C11H11ClN6S. The highest BCUT2D eigenvalue weighted by Crippen LogP contribution is 2.16. The first-order chi connectivity index (χ1) is 9.13. The molecule has 0 aliphatic rings. The lowest BCUT2D eigenvalue weighted by Crippen LogP contribution is -2.04. The molecule has 98 valence electrons. The molecule has 0 fully saturated rings. The maximum Gasteiger partial charge on any atom is 0.179 e. The van der Waals surface area contributed by atoms with Gasteiger partial charge in [0.25, 0.3) is 0 Å².